The summed E-state index contributed by atoms with van der Waals surface area (Å²) in [7, 11) is -3.08. The van der Waals surface area contributed by atoms with Gasteiger partial charge in [-0.25, -0.2) is 8.42 Å². The molecule has 0 atom stereocenters. The van der Waals surface area contributed by atoms with Crippen molar-refractivity contribution < 1.29 is 13.2 Å². The molecule has 2 aromatic carbocycles. The minimum absolute atomic E-state index is 0.00979. The molecule has 0 spiro atoms. The number of carbonyl (C=O) groups is 1. The van der Waals surface area contributed by atoms with E-state index in [0.29, 0.717) is 11.1 Å². The lowest BCUT2D eigenvalue weighted by molar-refractivity contribution is 0.104. The largest absolute Gasteiger partial charge is 0.289 e. The summed E-state index contributed by atoms with van der Waals surface area (Å²) in [6.45, 7) is 1.93. The van der Waals surface area contributed by atoms with Crippen LogP contribution in [0, 0.1) is 0 Å². The van der Waals surface area contributed by atoms with Gasteiger partial charge in [-0.05, 0) is 6.07 Å². The number of aryl methyl sites for hydroxylation is 1. The number of rotatable bonds is 4. The van der Waals surface area contributed by atoms with Crippen molar-refractivity contribution in [2.75, 3.05) is 11.5 Å². The first-order valence-electron chi connectivity index (χ1n) is 7.86. The van der Waals surface area contributed by atoms with E-state index < -0.39 is 9.84 Å². The third kappa shape index (κ3) is 2.17. The first kappa shape index (κ1) is 15.1. The van der Waals surface area contributed by atoms with Crippen LogP contribution < -0.4 is 0 Å². The molecule has 0 radical (unpaired) electrons. The first-order valence-corrected chi connectivity index (χ1v) is 9.68. The molecule has 24 heavy (non-hydrogen) atoms. The quantitative estimate of drug-likeness (QED) is 0.573. The second-order valence-electron chi connectivity index (χ2n) is 5.88. The van der Waals surface area contributed by atoms with Gasteiger partial charge >= 0.3 is 0 Å². The van der Waals surface area contributed by atoms with Crippen LogP contribution in [0.3, 0.4) is 0 Å². The summed E-state index contributed by atoms with van der Waals surface area (Å²) in [5.41, 5.74) is 3.64. The smallest absolute Gasteiger partial charge is 0.194 e. The van der Waals surface area contributed by atoms with Crippen LogP contribution in [0.5, 0.6) is 0 Å². The summed E-state index contributed by atoms with van der Waals surface area (Å²) in [6, 6.07) is 12.9. The molecule has 0 fully saturated rings. The van der Waals surface area contributed by atoms with Gasteiger partial charge < -0.3 is 0 Å². The van der Waals surface area contributed by atoms with Crippen molar-refractivity contribution in [3.05, 3.63) is 53.6 Å². The predicted molar refractivity (Wildman–Crippen MR) is 92.9 cm³/mol. The number of hydrogen-bond donors (Lipinski definition) is 0. The average Bonchev–Trinajstić information content (AvgIpc) is 2.98. The molecule has 3 aromatic rings. The fourth-order valence-electron chi connectivity index (χ4n) is 3.18. The van der Waals surface area contributed by atoms with Gasteiger partial charge in [0.25, 0.3) is 0 Å². The normalized spacial score (nSPS) is 13.3. The Hall–Kier alpha value is -2.47. The summed E-state index contributed by atoms with van der Waals surface area (Å²) >= 11 is 0. The Morgan fingerprint density at radius 3 is 2.46 bits per heavy atom. The van der Waals surface area contributed by atoms with Crippen LogP contribution in [-0.4, -0.2) is 35.5 Å². The van der Waals surface area contributed by atoms with Crippen LogP contribution in [0.4, 0.5) is 0 Å². The molecule has 1 aliphatic carbocycles. The van der Waals surface area contributed by atoms with Gasteiger partial charge in [0, 0.05) is 27.8 Å². The van der Waals surface area contributed by atoms with Gasteiger partial charge in [-0.15, -0.1) is 0 Å². The molecule has 1 heterocycles. The molecule has 0 bridgehead atoms. The fraction of sp³-hybridized carbons (Fsp3) is 0.222. The zero-order chi connectivity index (χ0) is 16.9. The highest BCUT2D eigenvalue weighted by Gasteiger charge is 2.28. The third-order valence-corrected chi connectivity index (χ3v) is 6.19. The molecule has 5 nitrogen and oxygen atoms in total. The molecular weight excluding hydrogens is 324 g/mol. The van der Waals surface area contributed by atoms with E-state index in [0.717, 1.165) is 22.2 Å². The van der Waals surface area contributed by atoms with Gasteiger partial charge in [-0.3, -0.25) is 9.48 Å². The van der Waals surface area contributed by atoms with E-state index in [1.165, 1.54) is 0 Å². The van der Waals surface area contributed by atoms with Crippen molar-refractivity contribution in [3.8, 4) is 11.3 Å². The van der Waals surface area contributed by atoms with Gasteiger partial charge in [-0.2, -0.15) is 5.10 Å². The van der Waals surface area contributed by atoms with E-state index in [1.54, 1.807) is 23.7 Å². The first-order chi connectivity index (χ1) is 11.5. The van der Waals surface area contributed by atoms with Crippen molar-refractivity contribution in [2.45, 2.75) is 13.5 Å². The summed E-state index contributed by atoms with van der Waals surface area (Å²) in [5, 5.41) is 5.45. The molecule has 0 saturated carbocycles. The number of hydrogen-bond acceptors (Lipinski definition) is 4. The van der Waals surface area contributed by atoms with Crippen LogP contribution in [-0.2, 0) is 16.4 Å². The maximum Gasteiger partial charge on any atom is 0.194 e. The lowest BCUT2D eigenvalue weighted by atomic mass is 9.87. The highest BCUT2D eigenvalue weighted by atomic mass is 32.2. The van der Waals surface area contributed by atoms with E-state index in [4.69, 9.17) is 0 Å². The standard InChI is InChI=1S/C18H16N2O3S/c1-2-24(22,23)11-10-20-15-9-5-8-14-16(15)17(19-20)12-6-3-4-7-13(12)18(14)21/h3-9H,2,10-11H2,1H3. The van der Waals surface area contributed by atoms with E-state index in [9.17, 15) is 13.2 Å². The van der Waals surface area contributed by atoms with Gasteiger partial charge in [0.05, 0.1) is 17.8 Å². The van der Waals surface area contributed by atoms with Crippen molar-refractivity contribution in [3.63, 3.8) is 0 Å². The molecule has 0 saturated heterocycles. The Morgan fingerprint density at radius 2 is 1.71 bits per heavy atom. The van der Waals surface area contributed by atoms with E-state index in [-0.39, 0.29) is 23.8 Å². The Bertz CT molecular complexity index is 1080. The number of carbonyl (C=O) groups excluding carboxylic acids is 1. The van der Waals surface area contributed by atoms with Crippen LogP contribution in [0.1, 0.15) is 22.8 Å². The van der Waals surface area contributed by atoms with Gasteiger partial charge in [0.15, 0.2) is 15.6 Å². The Balaban J connectivity index is 1.92. The maximum atomic E-state index is 12.7. The van der Waals surface area contributed by atoms with Crippen molar-refractivity contribution in [1.29, 1.82) is 0 Å². The zero-order valence-corrected chi connectivity index (χ0v) is 14.0. The zero-order valence-electron chi connectivity index (χ0n) is 13.2. The molecule has 122 valence electrons. The monoisotopic (exact) mass is 340 g/mol. The minimum atomic E-state index is -3.08. The second-order valence-corrected chi connectivity index (χ2v) is 8.36. The fourth-order valence-corrected chi connectivity index (χ4v) is 3.92. The highest BCUT2D eigenvalue weighted by molar-refractivity contribution is 7.91. The number of ketones is 1. The van der Waals surface area contributed by atoms with Crippen molar-refractivity contribution in [1.82, 2.24) is 9.78 Å². The van der Waals surface area contributed by atoms with Crippen LogP contribution >= 0.6 is 0 Å². The predicted octanol–water partition coefficient (Wildman–Crippen LogP) is 2.68. The molecule has 4 rings (SSSR count). The number of nitrogens with zero attached hydrogens (tertiary/aromatic N) is 2. The summed E-state index contributed by atoms with van der Waals surface area (Å²) in [5.74, 6) is 0.148. The maximum absolute atomic E-state index is 12.7. The molecule has 1 aromatic heterocycles. The Labute approximate surface area is 139 Å². The van der Waals surface area contributed by atoms with Gasteiger partial charge in [0.1, 0.15) is 5.69 Å². The van der Waals surface area contributed by atoms with E-state index in [1.807, 2.05) is 30.3 Å². The van der Waals surface area contributed by atoms with E-state index in [2.05, 4.69) is 5.10 Å². The SMILES string of the molecule is CCS(=O)(=O)CCn1nc2c3c(cccc31)C(=O)c1ccccc1-2. The van der Waals surface area contributed by atoms with Crippen LogP contribution in [0.15, 0.2) is 42.5 Å². The lowest BCUT2D eigenvalue weighted by Crippen LogP contribution is -2.15. The van der Waals surface area contributed by atoms with Crippen LogP contribution in [0.2, 0.25) is 0 Å². The lowest BCUT2D eigenvalue weighted by Gasteiger charge is -2.13. The number of sulfone groups is 1. The van der Waals surface area contributed by atoms with Crippen molar-refractivity contribution >= 4 is 26.5 Å². The number of fused-ring (bicyclic) bond motifs is 2. The van der Waals surface area contributed by atoms with E-state index >= 15 is 0 Å². The summed E-state index contributed by atoms with van der Waals surface area (Å²) < 4.78 is 25.3. The number of benzene rings is 2. The third-order valence-electron chi connectivity index (χ3n) is 4.50. The van der Waals surface area contributed by atoms with Gasteiger partial charge in [-0.1, -0.05) is 43.3 Å². The molecule has 0 amide bonds. The molecule has 0 N–H and O–H groups in total. The minimum Gasteiger partial charge on any atom is -0.289 e. The topological polar surface area (TPSA) is 69.0 Å². The van der Waals surface area contributed by atoms with Gasteiger partial charge in [0.2, 0.25) is 0 Å². The highest BCUT2D eigenvalue weighted by Crippen LogP contribution is 2.38. The Morgan fingerprint density at radius 1 is 1.00 bits per heavy atom. The molecule has 0 aliphatic heterocycles. The molecular formula is C18H16N2O3S. The molecule has 6 heteroatoms. The second kappa shape index (κ2) is 5.27. The summed E-state index contributed by atoms with van der Waals surface area (Å²) in [6.07, 6.45) is 0. The summed E-state index contributed by atoms with van der Waals surface area (Å²) in [4.78, 5) is 12.7. The van der Waals surface area contributed by atoms with Crippen molar-refractivity contribution in [2.24, 2.45) is 0 Å². The van der Waals surface area contributed by atoms with Crippen LogP contribution in [0.25, 0.3) is 22.2 Å². The Kier molecular flexibility index (Phi) is 3.31. The molecule has 1 aliphatic rings. The number of aromatic nitrogens is 2. The molecule has 0 unspecified atom stereocenters. The average molecular weight is 340 g/mol.